The Labute approximate surface area is 209 Å². The zero-order chi connectivity index (χ0) is 25.5. The minimum atomic E-state index is -3.89. The fourth-order valence-electron chi connectivity index (χ4n) is 3.17. The molecule has 2 rings (SSSR count). The summed E-state index contributed by atoms with van der Waals surface area (Å²) in [5.41, 5.74) is 0.669. The lowest BCUT2D eigenvalue weighted by Gasteiger charge is -2.31. The van der Waals surface area contributed by atoms with Gasteiger partial charge in [0.1, 0.15) is 18.4 Å². The fraction of sp³-hybridized carbons (Fsp3) is 0.391. The molecule has 0 saturated carbocycles. The molecule has 0 aliphatic carbocycles. The number of rotatable bonds is 11. The standard InChI is InChI=1S/C23H28Cl2FN3O4S/c1-4-5-12-27-23(31)16(2)28(14-17-6-7-18(24)13-21(17)25)22(30)15-29(34(3,32)33)20-10-8-19(26)9-11-20/h6-11,13,16H,4-5,12,14-15H2,1-3H3,(H,27,31). The van der Waals surface area contributed by atoms with Crippen molar-refractivity contribution in [2.75, 3.05) is 23.7 Å². The van der Waals surface area contributed by atoms with Crippen molar-refractivity contribution < 1.29 is 22.4 Å². The summed E-state index contributed by atoms with van der Waals surface area (Å²) in [6.45, 7) is 3.38. The van der Waals surface area contributed by atoms with Crippen LogP contribution in [0.25, 0.3) is 0 Å². The molecule has 0 spiro atoms. The van der Waals surface area contributed by atoms with Gasteiger partial charge in [-0.3, -0.25) is 13.9 Å². The van der Waals surface area contributed by atoms with Gasteiger partial charge in [0.25, 0.3) is 0 Å². The first kappa shape index (κ1) is 27.9. The van der Waals surface area contributed by atoms with E-state index in [2.05, 4.69) is 5.32 Å². The maximum Gasteiger partial charge on any atom is 0.244 e. The van der Waals surface area contributed by atoms with Gasteiger partial charge in [0.2, 0.25) is 21.8 Å². The van der Waals surface area contributed by atoms with Crippen LogP contribution in [0.4, 0.5) is 10.1 Å². The molecule has 11 heteroatoms. The largest absolute Gasteiger partial charge is 0.354 e. The van der Waals surface area contributed by atoms with Gasteiger partial charge < -0.3 is 10.2 Å². The van der Waals surface area contributed by atoms with E-state index in [9.17, 15) is 22.4 Å². The predicted octanol–water partition coefficient (Wildman–Crippen LogP) is 4.23. The van der Waals surface area contributed by atoms with E-state index in [1.54, 1.807) is 19.1 Å². The molecule has 0 aliphatic rings. The Bertz CT molecular complexity index is 1110. The monoisotopic (exact) mass is 531 g/mol. The lowest BCUT2D eigenvalue weighted by Crippen LogP contribution is -2.51. The Morgan fingerprint density at radius 3 is 2.32 bits per heavy atom. The number of nitrogens with one attached hydrogen (secondary N) is 1. The van der Waals surface area contributed by atoms with Gasteiger partial charge in [-0.1, -0.05) is 42.6 Å². The number of carbonyl (C=O) groups is 2. The normalized spacial score (nSPS) is 12.2. The molecule has 0 bridgehead atoms. The number of halogens is 3. The van der Waals surface area contributed by atoms with Gasteiger partial charge in [-0.2, -0.15) is 0 Å². The summed E-state index contributed by atoms with van der Waals surface area (Å²) in [4.78, 5) is 27.4. The van der Waals surface area contributed by atoms with E-state index in [1.807, 2.05) is 6.92 Å². The zero-order valence-corrected chi connectivity index (χ0v) is 21.6. The quantitative estimate of drug-likeness (QED) is 0.439. The summed E-state index contributed by atoms with van der Waals surface area (Å²) >= 11 is 12.3. The van der Waals surface area contributed by atoms with Gasteiger partial charge in [-0.05, 0) is 55.3 Å². The highest BCUT2D eigenvalue weighted by Crippen LogP contribution is 2.24. The molecule has 1 atom stereocenters. The van der Waals surface area contributed by atoms with E-state index >= 15 is 0 Å². The third-order valence-electron chi connectivity index (χ3n) is 5.15. The molecule has 0 aromatic heterocycles. The van der Waals surface area contributed by atoms with Crippen molar-refractivity contribution in [2.45, 2.75) is 39.3 Å². The summed E-state index contributed by atoms with van der Waals surface area (Å²) < 4.78 is 39.1. The molecular formula is C23H28Cl2FN3O4S. The second kappa shape index (κ2) is 12.4. The first-order valence-corrected chi connectivity index (χ1v) is 13.3. The molecule has 34 heavy (non-hydrogen) atoms. The van der Waals surface area contributed by atoms with Crippen LogP contribution in [0.2, 0.25) is 10.0 Å². The first-order chi connectivity index (χ1) is 15.9. The number of hydrogen-bond acceptors (Lipinski definition) is 4. The van der Waals surface area contributed by atoms with Gasteiger partial charge in [0, 0.05) is 23.1 Å². The average molecular weight is 532 g/mol. The predicted molar refractivity (Wildman–Crippen MR) is 133 cm³/mol. The van der Waals surface area contributed by atoms with Crippen LogP contribution in [0.5, 0.6) is 0 Å². The Morgan fingerprint density at radius 2 is 1.76 bits per heavy atom. The van der Waals surface area contributed by atoms with Crippen LogP contribution in [0, 0.1) is 5.82 Å². The average Bonchev–Trinajstić information content (AvgIpc) is 2.76. The van der Waals surface area contributed by atoms with Crippen LogP contribution in [0.15, 0.2) is 42.5 Å². The molecule has 0 heterocycles. The summed E-state index contributed by atoms with van der Waals surface area (Å²) in [6, 6.07) is 8.61. The number of unbranched alkanes of at least 4 members (excludes halogenated alkanes) is 1. The van der Waals surface area contributed by atoms with Crippen molar-refractivity contribution in [3.63, 3.8) is 0 Å². The second-order valence-electron chi connectivity index (χ2n) is 7.82. The van der Waals surface area contributed by atoms with Crippen molar-refractivity contribution >= 4 is 50.7 Å². The van der Waals surface area contributed by atoms with Gasteiger partial charge in [0.15, 0.2) is 0 Å². The van der Waals surface area contributed by atoms with Crippen LogP contribution < -0.4 is 9.62 Å². The molecule has 0 fully saturated rings. The van der Waals surface area contributed by atoms with Crippen molar-refractivity contribution in [2.24, 2.45) is 0 Å². The number of amides is 2. The van der Waals surface area contributed by atoms with E-state index in [0.717, 1.165) is 35.5 Å². The van der Waals surface area contributed by atoms with Gasteiger partial charge in [-0.25, -0.2) is 12.8 Å². The summed E-state index contributed by atoms with van der Waals surface area (Å²) in [5.74, 6) is -1.54. The third kappa shape index (κ3) is 7.85. The molecule has 1 unspecified atom stereocenters. The lowest BCUT2D eigenvalue weighted by molar-refractivity contribution is -0.139. The molecule has 2 aromatic rings. The first-order valence-electron chi connectivity index (χ1n) is 10.7. The zero-order valence-electron chi connectivity index (χ0n) is 19.2. The number of benzene rings is 2. The van der Waals surface area contributed by atoms with Crippen LogP contribution in [-0.2, 0) is 26.2 Å². The summed E-state index contributed by atoms with van der Waals surface area (Å²) in [6.07, 6.45) is 2.62. The van der Waals surface area contributed by atoms with E-state index in [0.29, 0.717) is 22.2 Å². The SMILES string of the molecule is CCCCNC(=O)C(C)N(Cc1ccc(Cl)cc1Cl)C(=O)CN(c1ccc(F)cc1)S(C)(=O)=O. The van der Waals surface area contributed by atoms with Gasteiger partial charge >= 0.3 is 0 Å². The molecule has 0 radical (unpaired) electrons. The molecular weight excluding hydrogens is 504 g/mol. The van der Waals surface area contributed by atoms with Crippen molar-refractivity contribution in [1.82, 2.24) is 10.2 Å². The molecule has 2 amide bonds. The van der Waals surface area contributed by atoms with Crippen LogP contribution >= 0.6 is 23.2 Å². The number of carbonyl (C=O) groups excluding carboxylic acids is 2. The number of nitrogens with zero attached hydrogens (tertiary/aromatic N) is 2. The van der Waals surface area contributed by atoms with Crippen LogP contribution in [0.1, 0.15) is 32.3 Å². The summed E-state index contributed by atoms with van der Waals surface area (Å²) in [7, 11) is -3.89. The summed E-state index contributed by atoms with van der Waals surface area (Å²) in [5, 5.41) is 3.51. The lowest BCUT2D eigenvalue weighted by atomic mass is 10.1. The smallest absolute Gasteiger partial charge is 0.244 e. The van der Waals surface area contributed by atoms with Gasteiger partial charge in [-0.15, -0.1) is 0 Å². The minimum Gasteiger partial charge on any atom is -0.354 e. The van der Waals surface area contributed by atoms with Crippen LogP contribution in [0.3, 0.4) is 0 Å². The maximum absolute atomic E-state index is 13.4. The number of hydrogen-bond donors (Lipinski definition) is 1. The van der Waals surface area contributed by atoms with Gasteiger partial charge in [0.05, 0.1) is 11.9 Å². The Balaban J connectivity index is 2.37. The van der Waals surface area contributed by atoms with E-state index in [1.165, 1.54) is 23.1 Å². The van der Waals surface area contributed by atoms with E-state index in [-0.39, 0.29) is 18.1 Å². The second-order valence-corrected chi connectivity index (χ2v) is 10.6. The molecule has 186 valence electrons. The van der Waals surface area contributed by atoms with Crippen molar-refractivity contribution in [3.05, 3.63) is 63.9 Å². The van der Waals surface area contributed by atoms with Crippen LogP contribution in [-0.4, -0.2) is 50.5 Å². The third-order valence-corrected chi connectivity index (χ3v) is 6.87. The van der Waals surface area contributed by atoms with E-state index < -0.39 is 34.3 Å². The molecule has 7 nitrogen and oxygen atoms in total. The fourth-order valence-corrected chi connectivity index (χ4v) is 4.49. The highest BCUT2D eigenvalue weighted by molar-refractivity contribution is 7.92. The molecule has 0 saturated heterocycles. The number of sulfonamides is 1. The Kier molecular flexibility index (Phi) is 10.1. The minimum absolute atomic E-state index is 0.0434. The molecule has 0 aliphatic heterocycles. The highest BCUT2D eigenvalue weighted by Gasteiger charge is 2.30. The Morgan fingerprint density at radius 1 is 1.12 bits per heavy atom. The van der Waals surface area contributed by atoms with Crippen molar-refractivity contribution in [3.8, 4) is 0 Å². The molecule has 1 N–H and O–H groups in total. The topological polar surface area (TPSA) is 86.8 Å². The maximum atomic E-state index is 13.4. The number of anilines is 1. The molecule has 2 aromatic carbocycles. The van der Waals surface area contributed by atoms with E-state index in [4.69, 9.17) is 23.2 Å². The Hall–Kier alpha value is -2.36. The highest BCUT2D eigenvalue weighted by atomic mass is 35.5. The van der Waals surface area contributed by atoms with Crippen molar-refractivity contribution in [1.29, 1.82) is 0 Å².